The number of nitrogens with zero attached hydrogens (tertiary/aromatic N) is 1. The summed E-state index contributed by atoms with van der Waals surface area (Å²) in [6.07, 6.45) is 6.22. The van der Waals surface area contributed by atoms with E-state index >= 15 is 0 Å². The largest absolute Gasteiger partial charge is 0.455 e. The van der Waals surface area contributed by atoms with Gasteiger partial charge in [-0.15, -0.1) is 11.8 Å². The lowest BCUT2D eigenvalue weighted by molar-refractivity contribution is -0.177. The lowest BCUT2D eigenvalue weighted by Gasteiger charge is -2.60. The predicted molar refractivity (Wildman–Crippen MR) is 123 cm³/mol. The summed E-state index contributed by atoms with van der Waals surface area (Å²) in [6, 6.07) is 7.95. The van der Waals surface area contributed by atoms with Crippen molar-refractivity contribution < 1.29 is 19.1 Å². The van der Waals surface area contributed by atoms with Gasteiger partial charge in [-0.2, -0.15) is 0 Å². The number of ether oxygens (including phenoxy) is 1. The van der Waals surface area contributed by atoms with Crippen molar-refractivity contribution in [2.24, 2.45) is 17.3 Å². The molecule has 172 valence electrons. The smallest absolute Gasteiger partial charge is 0.312 e. The molecule has 5 aliphatic rings. The Balaban J connectivity index is 1.29. The first kappa shape index (κ1) is 21.8. The number of amides is 2. The van der Waals surface area contributed by atoms with Gasteiger partial charge in [0, 0.05) is 29.2 Å². The van der Waals surface area contributed by atoms with Crippen molar-refractivity contribution >= 4 is 35.2 Å². The number of thioether (sulfide) groups is 1. The van der Waals surface area contributed by atoms with E-state index in [9.17, 15) is 14.4 Å². The molecule has 7 heteroatoms. The first-order chi connectivity index (χ1) is 15.3. The molecule has 3 atom stereocenters. The van der Waals surface area contributed by atoms with Gasteiger partial charge in [0.05, 0.1) is 11.1 Å². The van der Waals surface area contributed by atoms with E-state index in [1.165, 1.54) is 0 Å². The van der Waals surface area contributed by atoms with Crippen LogP contribution in [0.1, 0.15) is 58.8 Å². The highest BCUT2D eigenvalue weighted by Crippen LogP contribution is 2.62. The number of esters is 1. The topological polar surface area (TPSA) is 75.7 Å². The van der Waals surface area contributed by atoms with Crippen molar-refractivity contribution in [2.45, 2.75) is 74.5 Å². The average Bonchev–Trinajstić information content (AvgIpc) is 2.88. The number of para-hydroxylation sites is 1. The summed E-state index contributed by atoms with van der Waals surface area (Å²) in [7, 11) is 0. The zero-order chi connectivity index (χ0) is 22.5. The van der Waals surface area contributed by atoms with Crippen molar-refractivity contribution in [3.05, 3.63) is 24.3 Å². The third-order valence-electron chi connectivity index (χ3n) is 7.81. The standard InChI is InChI=1S/C25H32N2O4S/c1-16-7-8-27(20-5-3-4-6-21(20)32-16)22(29)14-31-23(30)24-10-18-9-19(11-24)13-25(12-18,15-24)26-17(2)28/h3-6,16,18-19H,7-15H2,1-2H3,(H,26,28). The Labute approximate surface area is 193 Å². The average molecular weight is 457 g/mol. The van der Waals surface area contributed by atoms with Gasteiger partial charge < -0.3 is 15.0 Å². The molecule has 1 aromatic carbocycles. The van der Waals surface area contributed by atoms with Crippen LogP contribution in [0.3, 0.4) is 0 Å². The predicted octanol–water partition coefficient (Wildman–Crippen LogP) is 3.92. The van der Waals surface area contributed by atoms with Gasteiger partial charge in [0.1, 0.15) is 0 Å². The summed E-state index contributed by atoms with van der Waals surface area (Å²) in [6.45, 7) is 4.13. The Kier molecular flexibility index (Phi) is 5.51. The van der Waals surface area contributed by atoms with Crippen LogP contribution in [0, 0.1) is 17.3 Å². The van der Waals surface area contributed by atoms with E-state index in [1.54, 1.807) is 23.6 Å². The number of benzene rings is 1. The zero-order valence-electron chi connectivity index (χ0n) is 18.9. The minimum atomic E-state index is -0.562. The molecule has 2 amide bonds. The van der Waals surface area contributed by atoms with E-state index in [-0.39, 0.29) is 29.9 Å². The number of carbonyl (C=O) groups excluding carboxylic acids is 3. The van der Waals surface area contributed by atoms with Crippen molar-refractivity contribution in [3.8, 4) is 0 Å². The minimum Gasteiger partial charge on any atom is -0.455 e. The number of hydrogen-bond donors (Lipinski definition) is 1. The molecule has 32 heavy (non-hydrogen) atoms. The highest BCUT2D eigenvalue weighted by atomic mass is 32.2. The Morgan fingerprint density at radius 2 is 1.88 bits per heavy atom. The van der Waals surface area contributed by atoms with Crippen LogP contribution in [0.4, 0.5) is 5.69 Å². The molecular weight excluding hydrogens is 424 g/mol. The van der Waals surface area contributed by atoms with Crippen molar-refractivity contribution in [1.82, 2.24) is 5.32 Å². The number of hydrogen-bond acceptors (Lipinski definition) is 5. The zero-order valence-corrected chi connectivity index (χ0v) is 19.7. The molecule has 0 spiro atoms. The number of carbonyl (C=O) groups is 3. The van der Waals surface area contributed by atoms with Gasteiger partial charge in [-0.3, -0.25) is 14.4 Å². The highest BCUT2D eigenvalue weighted by molar-refractivity contribution is 8.00. The first-order valence-corrected chi connectivity index (χ1v) is 12.7. The van der Waals surface area contributed by atoms with Crippen LogP contribution >= 0.6 is 11.8 Å². The maximum Gasteiger partial charge on any atom is 0.312 e. The SMILES string of the molecule is CC(=O)NC12CC3CC(C1)CC(C(=O)OCC(=O)N1CCC(C)Sc4ccccc41)(C3)C2. The van der Waals surface area contributed by atoms with Crippen LogP contribution in [0.2, 0.25) is 0 Å². The fraction of sp³-hybridized carbons (Fsp3) is 0.640. The third kappa shape index (κ3) is 3.93. The van der Waals surface area contributed by atoms with E-state index in [4.69, 9.17) is 4.74 Å². The van der Waals surface area contributed by atoms with Crippen molar-refractivity contribution in [1.29, 1.82) is 0 Å². The fourth-order valence-corrected chi connectivity index (χ4v) is 8.24. The molecule has 3 unspecified atom stereocenters. The van der Waals surface area contributed by atoms with Gasteiger partial charge in [-0.05, 0) is 68.9 Å². The summed E-state index contributed by atoms with van der Waals surface area (Å²) in [5.41, 5.74) is 0.0616. The number of fused-ring (bicyclic) bond motifs is 1. The second-order valence-corrected chi connectivity index (χ2v) is 12.0. The molecule has 0 aromatic heterocycles. The van der Waals surface area contributed by atoms with E-state index in [0.717, 1.165) is 49.1 Å². The Bertz CT molecular complexity index is 934. The van der Waals surface area contributed by atoms with Crippen LogP contribution in [0.15, 0.2) is 29.2 Å². The van der Waals surface area contributed by atoms with Gasteiger partial charge in [0.2, 0.25) is 5.91 Å². The summed E-state index contributed by atoms with van der Waals surface area (Å²) in [4.78, 5) is 41.2. The monoisotopic (exact) mass is 456 g/mol. The van der Waals surface area contributed by atoms with Crippen LogP contribution in [-0.2, 0) is 19.1 Å². The van der Waals surface area contributed by atoms with Gasteiger partial charge >= 0.3 is 5.97 Å². The van der Waals surface area contributed by atoms with E-state index in [2.05, 4.69) is 12.2 Å². The Hall–Kier alpha value is -2.02. The molecule has 4 fully saturated rings. The summed E-state index contributed by atoms with van der Waals surface area (Å²) in [5, 5.41) is 3.61. The van der Waals surface area contributed by atoms with E-state index in [1.807, 2.05) is 24.3 Å². The normalized spacial score (nSPS) is 35.1. The van der Waals surface area contributed by atoms with Crippen LogP contribution in [0.25, 0.3) is 0 Å². The van der Waals surface area contributed by atoms with Gasteiger partial charge in [0.15, 0.2) is 6.61 Å². The fourth-order valence-electron chi connectivity index (χ4n) is 7.13. The van der Waals surface area contributed by atoms with Crippen LogP contribution < -0.4 is 10.2 Å². The number of rotatable bonds is 4. The highest BCUT2D eigenvalue weighted by Gasteiger charge is 2.61. The Morgan fingerprint density at radius 3 is 2.59 bits per heavy atom. The lowest BCUT2D eigenvalue weighted by atomic mass is 9.47. The third-order valence-corrected chi connectivity index (χ3v) is 9.04. The maximum absolute atomic E-state index is 13.4. The quantitative estimate of drug-likeness (QED) is 0.695. The minimum absolute atomic E-state index is 0.0300. The molecule has 1 aliphatic heterocycles. The molecule has 0 saturated heterocycles. The number of nitrogens with one attached hydrogen (secondary N) is 1. The summed E-state index contributed by atoms with van der Waals surface area (Å²) >= 11 is 1.79. The van der Waals surface area contributed by atoms with Gasteiger partial charge in [0.25, 0.3) is 5.91 Å². The summed E-state index contributed by atoms with van der Waals surface area (Å²) in [5.74, 6) is 0.449. The van der Waals surface area contributed by atoms with Gasteiger partial charge in [-0.25, -0.2) is 0 Å². The first-order valence-electron chi connectivity index (χ1n) is 11.8. The van der Waals surface area contributed by atoms with E-state index in [0.29, 0.717) is 30.1 Å². The molecule has 4 bridgehead atoms. The summed E-state index contributed by atoms with van der Waals surface area (Å²) < 4.78 is 5.72. The molecule has 4 aliphatic carbocycles. The van der Waals surface area contributed by atoms with Crippen LogP contribution in [-0.4, -0.2) is 41.7 Å². The van der Waals surface area contributed by atoms with Crippen molar-refractivity contribution in [2.75, 3.05) is 18.1 Å². The molecule has 0 radical (unpaired) electrons. The molecular formula is C25H32N2O4S. The van der Waals surface area contributed by atoms with Gasteiger partial charge in [-0.1, -0.05) is 19.1 Å². The van der Waals surface area contributed by atoms with E-state index < -0.39 is 5.41 Å². The molecule has 1 aromatic rings. The van der Waals surface area contributed by atoms with Crippen LogP contribution in [0.5, 0.6) is 0 Å². The maximum atomic E-state index is 13.4. The molecule has 6 rings (SSSR count). The van der Waals surface area contributed by atoms with Crippen molar-refractivity contribution in [3.63, 3.8) is 0 Å². The molecule has 1 heterocycles. The molecule has 6 nitrogen and oxygen atoms in total. The lowest BCUT2D eigenvalue weighted by Crippen LogP contribution is -2.64. The molecule has 4 saturated carbocycles. The number of anilines is 1. The second-order valence-electron chi connectivity index (χ2n) is 10.5. The molecule has 1 N–H and O–H groups in total. The Morgan fingerprint density at radius 1 is 1.16 bits per heavy atom. The second kappa shape index (κ2) is 8.08.